The summed E-state index contributed by atoms with van der Waals surface area (Å²) in [6, 6.07) is 8.64. The first-order valence-electron chi connectivity index (χ1n) is 8.13. The second kappa shape index (κ2) is 9.02. The van der Waals surface area contributed by atoms with Crippen LogP contribution in [0.25, 0.3) is 0 Å². The normalized spacial score (nSPS) is 17.8. The summed E-state index contributed by atoms with van der Waals surface area (Å²) >= 11 is 0. The predicted octanol–water partition coefficient (Wildman–Crippen LogP) is 0.723. The van der Waals surface area contributed by atoms with Crippen molar-refractivity contribution in [2.75, 3.05) is 26.2 Å². The van der Waals surface area contributed by atoms with Gasteiger partial charge in [0.2, 0.25) is 0 Å². The summed E-state index contributed by atoms with van der Waals surface area (Å²) in [6.07, 6.45) is 1.62. The zero-order valence-corrected chi connectivity index (χ0v) is 13.8. The molecule has 0 aliphatic carbocycles. The summed E-state index contributed by atoms with van der Waals surface area (Å²) < 4.78 is 5.04. The number of piperidine rings is 1. The lowest BCUT2D eigenvalue weighted by molar-refractivity contribution is -0.150. The number of hydrogen-bond acceptors (Lipinski definition) is 5. The molecule has 1 aliphatic rings. The van der Waals surface area contributed by atoms with Crippen molar-refractivity contribution in [2.45, 2.75) is 19.8 Å². The summed E-state index contributed by atoms with van der Waals surface area (Å²) in [7, 11) is 0. The van der Waals surface area contributed by atoms with Crippen LogP contribution in [0.5, 0.6) is 0 Å². The van der Waals surface area contributed by atoms with Crippen molar-refractivity contribution < 1.29 is 19.1 Å². The fourth-order valence-corrected chi connectivity index (χ4v) is 2.68. The predicted molar refractivity (Wildman–Crippen MR) is 87.8 cm³/mol. The van der Waals surface area contributed by atoms with Gasteiger partial charge in [-0.2, -0.15) is 0 Å². The zero-order chi connectivity index (χ0) is 17.4. The Morgan fingerprint density at radius 2 is 1.96 bits per heavy atom. The largest absolute Gasteiger partial charge is 0.466 e. The molecular formula is C17H23N3O4. The molecule has 1 fully saturated rings. The number of nitrogens with one attached hydrogen (secondary N) is 2. The average Bonchev–Trinajstić information content (AvgIpc) is 2.61. The number of amides is 2. The van der Waals surface area contributed by atoms with Crippen LogP contribution < -0.4 is 10.9 Å². The molecular weight excluding hydrogens is 310 g/mol. The van der Waals surface area contributed by atoms with Gasteiger partial charge >= 0.3 is 5.97 Å². The van der Waals surface area contributed by atoms with E-state index in [1.165, 1.54) is 0 Å². The molecule has 2 N–H and O–H groups in total. The lowest BCUT2D eigenvalue weighted by Crippen LogP contribution is -2.49. The second-order valence-corrected chi connectivity index (χ2v) is 5.69. The molecule has 24 heavy (non-hydrogen) atoms. The topological polar surface area (TPSA) is 87.7 Å². The van der Waals surface area contributed by atoms with Crippen LogP contribution >= 0.6 is 0 Å². The smallest absolute Gasteiger partial charge is 0.310 e. The van der Waals surface area contributed by atoms with E-state index in [2.05, 4.69) is 10.9 Å². The van der Waals surface area contributed by atoms with Gasteiger partial charge in [-0.05, 0) is 38.4 Å². The quantitative estimate of drug-likeness (QED) is 0.612. The number of esters is 1. The van der Waals surface area contributed by atoms with E-state index < -0.39 is 0 Å². The van der Waals surface area contributed by atoms with E-state index in [9.17, 15) is 14.4 Å². The van der Waals surface area contributed by atoms with Crippen molar-refractivity contribution in [3.63, 3.8) is 0 Å². The Kier molecular flexibility index (Phi) is 6.74. The van der Waals surface area contributed by atoms with E-state index in [0.29, 0.717) is 18.7 Å². The van der Waals surface area contributed by atoms with Gasteiger partial charge in [-0.3, -0.25) is 30.1 Å². The van der Waals surface area contributed by atoms with Gasteiger partial charge in [0.15, 0.2) is 0 Å². The Hall–Kier alpha value is -2.41. The van der Waals surface area contributed by atoms with Crippen LogP contribution in [0.15, 0.2) is 30.3 Å². The third kappa shape index (κ3) is 5.34. The van der Waals surface area contributed by atoms with Crippen LogP contribution in [0.2, 0.25) is 0 Å². The number of hydrogen-bond donors (Lipinski definition) is 2. The molecule has 1 heterocycles. The van der Waals surface area contributed by atoms with E-state index in [-0.39, 0.29) is 30.2 Å². The molecule has 0 aromatic heterocycles. The number of carbonyl (C=O) groups is 3. The van der Waals surface area contributed by atoms with Crippen LogP contribution in [-0.2, 0) is 14.3 Å². The van der Waals surface area contributed by atoms with Crippen LogP contribution in [0.1, 0.15) is 30.1 Å². The first kappa shape index (κ1) is 17.9. The van der Waals surface area contributed by atoms with Gasteiger partial charge in [-0.1, -0.05) is 18.2 Å². The summed E-state index contributed by atoms with van der Waals surface area (Å²) in [5.41, 5.74) is 5.26. The molecule has 1 aromatic rings. The van der Waals surface area contributed by atoms with Gasteiger partial charge in [0.1, 0.15) is 0 Å². The molecule has 1 atom stereocenters. The fourth-order valence-electron chi connectivity index (χ4n) is 2.68. The van der Waals surface area contributed by atoms with Gasteiger partial charge in [0.25, 0.3) is 11.8 Å². The molecule has 0 spiro atoms. The third-order valence-electron chi connectivity index (χ3n) is 3.84. The Bertz CT molecular complexity index is 576. The Labute approximate surface area is 141 Å². The number of nitrogens with zero attached hydrogens (tertiary/aromatic N) is 1. The highest BCUT2D eigenvalue weighted by Crippen LogP contribution is 2.17. The monoisotopic (exact) mass is 333 g/mol. The van der Waals surface area contributed by atoms with Gasteiger partial charge in [-0.15, -0.1) is 0 Å². The maximum atomic E-state index is 12.0. The lowest BCUT2D eigenvalue weighted by atomic mass is 9.98. The van der Waals surface area contributed by atoms with E-state index in [4.69, 9.17) is 4.74 Å². The lowest BCUT2D eigenvalue weighted by Gasteiger charge is -2.30. The van der Waals surface area contributed by atoms with E-state index >= 15 is 0 Å². The zero-order valence-electron chi connectivity index (χ0n) is 13.8. The van der Waals surface area contributed by atoms with Gasteiger partial charge in [0, 0.05) is 12.1 Å². The number of likely N-dealkylation sites (tertiary alicyclic amines) is 1. The highest BCUT2D eigenvalue weighted by molar-refractivity contribution is 5.95. The standard InChI is InChI=1S/C17H23N3O4/c1-2-24-17(23)14-9-6-10-20(11-14)12-15(21)18-19-16(22)13-7-4-3-5-8-13/h3-5,7-8,14H,2,6,9-12H2,1H3,(H,18,21)(H,19,22)/t14-/m1/s1. The van der Waals surface area contributed by atoms with E-state index in [0.717, 1.165) is 19.4 Å². The van der Waals surface area contributed by atoms with Crippen molar-refractivity contribution >= 4 is 17.8 Å². The molecule has 1 aliphatic heterocycles. The summed E-state index contributed by atoms with van der Waals surface area (Å²) in [6.45, 7) is 3.52. The van der Waals surface area contributed by atoms with Gasteiger partial charge < -0.3 is 4.74 Å². The minimum Gasteiger partial charge on any atom is -0.466 e. The Morgan fingerprint density at radius 3 is 2.67 bits per heavy atom. The first-order valence-corrected chi connectivity index (χ1v) is 8.13. The highest BCUT2D eigenvalue weighted by Gasteiger charge is 2.27. The van der Waals surface area contributed by atoms with Crippen molar-refractivity contribution in [2.24, 2.45) is 5.92 Å². The Balaban J connectivity index is 1.75. The minimum atomic E-state index is -0.369. The molecule has 7 nitrogen and oxygen atoms in total. The SMILES string of the molecule is CCOC(=O)[C@@H]1CCCN(CC(=O)NNC(=O)c2ccccc2)C1. The van der Waals surface area contributed by atoms with E-state index in [1.54, 1.807) is 31.2 Å². The molecule has 1 aromatic carbocycles. The summed E-state index contributed by atoms with van der Waals surface area (Å²) in [5.74, 6) is -1.08. The number of hydrazine groups is 1. The van der Waals surface area contributed by atoms with Gasteiger partial charge in [0.05, 0.1) is 19.1 Å². The molecule has 0 saturated carbocycles. The number of rotatable bonds is 5. The summed E-state index contributed by atoms with van der Waals surface area (Å²) in [5, 5.41) is 0. The molecule has 0 radical (unpaired) electrons. The molecule has 1 saturated heterocycles. The maximum Gasteiger partial charge on any atom is 0.310 e. The molecule has 0 bridgehead atoms. The van der Waals surface area contributed by atoms with Crippen LogP contribution in [0.4, 0.5) is 0 Å². The molecule has 2 amide bonds. The molecule has 0 unspecified atom stereocenters. The number of carbonyl (C=O) groups excluding carboxylic acids is 3. The van der Waals surface area contributed by atoms with Crippen LogP contribution in [-0.4, -0.2) is 48.9 Å². The maximum absolute atomic E-state index is 12.0. The van der Waals surface area contributed by atoms with Crippen LogP contribution in [0, 0.1) is 5.92 Å². The van der Waals surface area contributed by atoms with Crippen molar-refractivity contribution in [1.29, 1.82) is 0 Å². The molecule has 2 rings (SSSR count). The van der Waals surface area contributed by atoms with Crippen molar-refractivity contribution in [3.8, 4) is 0 Å². The molecule has 7 heteroatoms. The van der Waals surface area contributed by atoms with Gasteiger partial charge in [-0.25, -0.2) is 0 Å². The summed E-state index contributed by atoms with van der Waals surface area (Å²) in [4.78, 5) is 37.5. The third-order valence-corrected chi connectivity index (χ3v) is 3.84. The Morgan fingerprint density at radius 1 is 1.21 bits per heavy atom. The molecule has 130 valence electrons. The first-order chi connectivity index (χ1) is 11.6. The minimum absolute atomic E-state index is 0.130. The average molecular weight is 333 g/mol. The van der Waals surface area contributed by atoms with Crippen molar-refractivity contribution in [3.05, 3.63) is 35.9 Å². The second-order valence-electron chi connectivity index (χ2n) is 5.69. The fraction of sp³-hybridized carbons (Fsp3) is 0.471. The number of benzene rings is 1. The van der Waals surface area contributed by atoms with Crippen LogP contribution in [0.3, 0.4) is 0 Å². The highest BCUT2D eigenvalue weighted by atomic mass is 16.5. The van der Waals surface area contributed by atoms with Crippen molar-refractivity contribution in [1.82, 2.24) is 15.8 Å². The van der Waals surface area contributed by atoms with E-state index in [1.807, 2.05) is 11.0 Å². The number of ether oxygens (including phenoxy) is 1.